The van der Waals surface area contributed by atoms with Crippen LogP contribution in [0.2, 0.25) is 0 Å². The summed E-state index contributed by atoms with van der Waals surface area (Å²) in [6.07, 6.45) is 1.03. The van der Waals surface area contributed by atoms with Gasteiger partial charge in [0.1, 0.15) is 0 Å². The van der Waals surface area contributed by atoms with E-state index in [-0.39, 0.29) is 36.4 Å². The predicted octanol–water partition coefficient (Wildman–Crippen LogP) is 2.69. The van der Waals surface area contributed by atoms with Crippen LogP contribution in [-0.2, 0) is 4.79 Å². The van der Waals surface area contributed by atoms with Gasteiger partial charge in [0.15, 0.2) is 5.96 Å². The summed E-state index contributed by atoms with van der Waals surface area (Å²) in [4.78, 5) is 18.6. The third kappa shape index (κ3) is 6.42. The lowest BCUT2D eigenvalue weighted by molar-refractivity contribution is -0.115. The fourth-order valence-electron chi connectivity index (χ4n) is 3.03. The average molecular weight is 479 g/mol. The number of amides is 1. The summed E-state index contributed by atoms with van der Waals surface area (Å²) in [6, 6.07) is 20.1. The number of nitrogens with one attached hydrogen (secondary N) is 3. The van der Waals surface area contributed by atoms with Gasteiger partial charge in [0.25, 0.3) is 0 Å². The largest absolute Gasteiger partial charge is 0.369 e. The number of halogens is 1. The molecule has 6 nitrogen and oxygen atoms in total. The van der Waals surface area contributed by atoms with Crippen molar-refractivity contribution in [1.29, 1.82) is 0 Å². The zero-order chi connectivity index (χ0) is 18.2. The van der Waals surface area contributed by atoms with E-state index in [1.165, 1.54) is 5.69 Å². The van der Waals surface area contributed by atoms with Gasteiger partial charge in [-0.2, -0.15) is 0 Å². The number of guanidine groups is 1. The molecule has 2 aromatic rings. The molecular weight excluding hydrogens is 453 g/mol. The van der Waals surface area contributed by atoms with E-state index in [1.54, 1.807) is 7.05 Å². The van der Waals surface area contributed by atoms with Crippen molar-refractivity contribution in [3.63, 3.8) is 0 Å². The van der Waals surface area contributed by atoms with Gasteiger partial charge in [-0.25, -0.2) is 0 Å². The number of para-hydroxylation sites is 2. The number of nitrogens with zero attached hydrogens (tertiary/aromatic N) is 2. The summed E-state index contributed by atoms with van der Waals surface area (Å²) in [5.74, 6) is 0.546. The molecule has 0 saturated carbocycles. The monoisotopic (exact) mass is 479 g/mol. The Morgan fingerprint density at radius 2 is 1.78 bits per heavy atom. The van der Waals surface area contributed by atoms with Crippen LogP contribution < -0.4 is 20.9 Å². The summed E-state index contributed by atoms with van der Waals surface area (Å²) >= 11 is 0. The molecule has 0 bridgehead atoms. The molecular formula is C20H26IN5O. The van der Waals surface area contributed by atoms with Crippen molar-refractivity contribution in [2.45, 2.75) is 12.5 Å². The minimum Gasteiger partial charge on any atom is -0.369 e. The van der Waals surface area contributed by atoms with Crippen LogP contribution in [0.5, 0.6) is 0 Å². The van der Waals surface area contributed by atoms with Gasteiger partial charge in [-0.3, -0.25) is 9.79 Å². The standard InChI is InChI=1S/C20H25N5O.HI/c1-21-20(22-14-19(26)23-16-8-4-2-5-9-16)24-17-12-13-25(15-17)18-10-6-3-7-11-18;/h2-11,17H,12-15H2,1H3,(H,23,26)(H2,21,22,24);1H. The summed E-state index contributed by atoms with van der Waals surface area (Å²) in [6.45, 7) is 2.10. The van der Waals surface area contributed by atoms with E-state index in [9.17, 15) is 4.79 Å². The Labute approximate surface area is 177 Å². The predicted molar refractivity (Wildman–Crippen MR) is 122 cm³/mol. The van der Waals surface area contributed by atoms with E-state index in [4.69, 9.17) is 0 Å². The van der Waals surface area contributed by atoms with Gasteiger partial charge >= 0.3 is 0 Å². The molecule has 0 aliphatic carbocycles. The second-order valence-corrected chi connectivity index (χ2v) is 6.25. The first-order valence-electron chi connectivity index (χ1n) is 8.86. The van der Waals surface area contributed by atoms with Crippen LogP contribution in [-0.4, -0.2) is 44.6 Å². The maximum atomic E-state index is 12.0. The zero-order valence-corrected chi connectivity index (χ0v) is 17.7. The average Bonchev–Trinajstić information content (AvgIpc) is 3.15. The normalized spacial score (nSPS) is 16.4. The van der Waals surface area contributed by atoms with Crippen LogP contribution in [0.25, 0.3) is 0 Å². The molecule has 3 rings (SSSR count). The first-order chi connectivity index (χ1) is 12.7. The molecule has 1 fully saturated rings. The van der Waals surface area contributed by atoms with Gasteiger partial charge in [0, 0.05) is 37.6 Å². The molecule has 1 aliphatic rings. The summed E-state index contributed by atoms with van der Waals surface area (Å²) in [7, 11) is 1.72. The van der Waals surface area contributed by atoms with Crippen molar-refractivity contribution >= 4 is 47.2 Å². The molecule has 3 N–H and O–H groups in total. The Kier molecular flexibility index (Phi) is 8.38. The molecule has 1 atom stereocenters. The molecule has 2 aromatic carbocycles. The molecule has 0 aromatic heterocycles. The van der Waals surface area contributed by atoms with Crippen LogP contribution in [0.3, 0.4) is 0 Å². The Morgan fingerprint density at radius 3 is 2.44 bits per heavy atom. The molecule has 1 saturated heterocycles. The summed E-state index contributed by atoms with van der Waals surface area (Å²) < 4.78 is 0. The smallest absolute Gasteiger partial charge is 0.243 e. The molecule has 7 heteroatoms. The molecule has 0 spiro atoms. The minimum atomic E-state index is -0.100. The van der Waals surface area contributed by atoms with Crippen LogP contribution in [0.15, 0.2) is 65.7 Å². The molecule has 27 heavy (non-hydrogen) atoms. The van der Waals surface area contributed by atoms with Crippen molar-refractivity contribution in [1.82, 2.24) is 10.6 Å². The number of rotatable bonds is 5. The van der Waals surface area contributed by atoms with Gasteiger partial charge < -0.3 is 20.9 Å². The summed E-state index contributed by atoms with van der Waals surface area (Å²) in [5, 5.41) is 9.33. The number of aliphatic imine (C=N–C) groups is 1. The van der Waals surface area contributed by atoms with Gasteiger partial charge in [0.05, 0.1) is 6.54 Å². The first-order valence-corrected chi connectivity index (χ1v) is 8.86. The van der Waals surface area contributed by atoms with Crippen molar-refractivity contribution in [2.75, 3.05) is 36.9 Å². The first kappa shape index (κ1) is 21.0. The molecule has 144 valence electrons. The fourth-order valence-corrected chi connectivity index (χ4v) is 3.03. The van der Waals surface area contributed by atoms with Crippen LogP contribution in [0.1, 0.15) is 6.42 Å². The lowest BCUT2D eigenvalue weighted by Crippen LogP contribution is -2.46. The lowest BCUT2D eigenvalue weighted by atomic mass is 10.3. The van der Waals surface area contributed by atoms with E-state index in [0.29, 0.717) is 12.0 Å². The Bertz CT molecular complexity index is 739. The zero-order valence-electron chi connectivity index (χ0n) is 15.4. The van der Waals surface area contributed by atoms with E-state index < -0.39 is 0 Å². The van der Waals surface area contributed by atoms with Crippen LogP contribution >= 0.6 is 24.0 Å². The summed E-state index contributed by atoms with van der Waals surface area (Å²) in [5.41, 5.74) is 2.03. The SMILES string of the molecule is CN=C(NCC(=O)Nc1ccccc1)NC1CCN(c2ccccc2)C1.I. The highest BCUT2D eigenvalue weighted by molar-refractivity contribution is 14.0. The number of hydrogen-bond acceptors (Lipinski definition) is 3. The molecule has 1 aliphatic heterocycles. The molecule has 1 heterocycles. The Balaban J connectivity index is 0.00000261. The number of carbonyl (C=O) groups is 1. The van der Waals surface area contributed by atoms with Crippen molar-refractivity contribution in [3.05, 3.63) is 60.7 Å². The number of hydrogen-bond donors (Lipinski definition) is 3. The van der Waals surface area contributed by atoms with Gasteiger partial charge in [0.2, 0.25) is 5.91 Å². The lowest BCUT2D eigenvalue weighted by Gasteiger charge is -2.20. The quantitative estimate of drug-likeness (QED) is 0.351. The highest BCUT2D eigenvalue weighted by atomic mass is 127. The second kappa shape index (κ2) is 10.8. The van der Waals surface area contributed by atoms with E-state index in [0.717, 1.165) is 25.2 Å². The minimum absolute atomic E-state index is 0. The highest BCUT2D eigenvalue weighted by Crippen LogP contribution is 2.19. The third-order valence-electron chi connectivity index (χ3n) is 4.35. The van der Waals surface area contributed by atoms with Gasteiger partial charge in [-0.05, 0) is 30.7 Å². The second-order valence-electron chi connectivity index (χ2n) is 6.25. The number of benzene rings is 2. The van der Waals surface area contributed by atoms with Crippen molar-refractivity contribution in [3.8, 4) is 0 Å². The van der Waals surface area contributed by atoms with Crippen molar-refractivity contribution < 1.29 is 4.79 Å². The maximum Gasteiger partial charge on any atom is 0.243 e. The number of carbonyl (C=O) groups excluding carboxylic acids is 1. The maximum absolute atomic E-state index is 12.0. The molecule has 0 radical (unpaired) electrons. The number of anilines is 2. The van der Waals surface area contributed by atoms with Gasteiger partial charge in [-0.15, -0.1) is 24.0 Å². The molecule has 1 unspecified atom stereocenters. The highest BCUT2D eigenvalue weighted by Gasteiger charge is 2.23. The Morgan fingerprint density at radius 1 is 1.11 bits per heavy atom. The van der Waals surface area contributed by atoms with E-state index in [1.807, 2.05) is 36.4 Å². The third-order valence-corrected chi connectivity index (χ3v) is 4.35. The topological polar surface area (TPSA) is 68.8 Å². The van der Waals surface area contributed by atoms with Crippen LogP contribution in [0, 0.1) is 0 Å². The van der Waals surface area contributed by atoms with E-state index in [2.05, 4.69) is 50.1 Å². The van der Waals surface area contributed by atoms with Crippen molar-refractivity contribution in [2.24, 2.45) is 4.99 Å². The Hall–Kier alpha value is -2.29. The fraction of sp³-hybridized carbons (Fsp3) is 0.300. The van der Waals surface area contributed by atoms with E-state index >= 15 is 0 Å². The van der Waals surface area contributed by atoms with Crippen LogP contribution in [0.4, 0.5) is 11.4 Å². The molecule has 1 amide bonds. The van der Waals surface area contributed by atoms with Gasteiger partial charge in [-0.1, -0.05) is 36.4 Å².